The first-order valence-electron chi connectivity index (χ1n) is 7.73. The van der Waals surface area contributed by atoms with Crippen LogP contribution in [0.2, 0.25) is 0 Å². The zero-order chi connectivity index (χ0) is 14.4. The Balaban J connectivity index is 1.73. The Kier molecular flexibility index (Phi) is 5.86. The van der Waals surface area contributed by atoms with E-state index in [1.54, 1.807) is 0 Å². The number of hydrogen-bond donors (Lipinski definition) is 1. The topological polar surface area (TPSA) is 32.7 Å². The summed E-state index contributed by atoms with van der Waals surface area (Å²) in [5.74, 6) is 0.837. The van der Waals surface area contributed by atoms with Gasteiger partial charge in [-0.25, -0.2) is 0 Å². The standard InChI is InChI=1S/C17H27NO2/c1-14-7-6-10-17(11-14)20-13-16(19)12-18(2)15-8-4-3-5-9-15/h6-7,10-11,15-16,19H,3-5,8-9,12-13H2,1-2H3. The average molecular weight is 277 g/mol. The van der Waals surface area contributed by atoms with Gasteiger partial charge in [-0.1, -0.05) is 31.4 Å². The van der Waals surface area contributed by atoms with Gasteiger partial charge in [-0.3, -0.25) is 0 Å². The summed E-state index contributed by atoms with van der Waals surface area (Å²) in [5, 5.41) is 10.1. The molecule has 1 aromatic rings. The molecule has 0 bridgehead atoms. The number of nitrogens with zero attached hydrogens (tertiary/aromatic N) is 1. The summed E-state index contributed by atoms with van der Waals surface area (Å²) in [6.07, 6.45) is 6.12. The van der Waals surface area contributed by atoms with Crippen LogP contribution in [-0.2, 0) is 0 Å². The lowest BCUT2D eigenvalue weighted by molar-refractivity contribution is 0.0561. The first-order chi connectivity index (χ1) is 9.65. The van der Waals surface area contributed by atoms with E-state index < -0.39 is 6.10 Å². The summed E-state index contributed by atoms with van der Waals surface area (Å²) in [4.78, 5) is 2.30. The van der Waals surface area contributed by atoms with Crippen LogP contribution in [0, 0.1) is 6.92 Å². The van der Waals surface area contributed by atoms with Crippen LogP contribution in [0.25, 0.3) is 0 Å². The molecule has 0 aromatic heterocycles. The molecule has 1 aromatic carbocycles. The first kappa shape index (κ1) is 15.3. The fourth-order valence-electron chi connectivity index (χ4n) is 2.95. The van der Waals surface area contributed by atoms with Crippen LogP contribution in [0.5, 0.6) is 5.75 Å². The van der Waals surface area contributed by atoms with Crippen molar-refractivity contribution < 1.29 is 9.84 Å². The van der Waals surface area contributed by atoms with Gasteiger partial charge in [0.15, 0.2) is 0 Å². The van der Waals surface area contributed by atoms with Crippen molar-refractivity contribution in [2.24, 2.45) is 0 Å². The van der Waals surface area contributed by atoms with E-state index in [0.717, 1.165) is 5.75 Å². The Morgan fingerprint density at radius 2 is 2.05 bits per heavy atom. The van der Waals surface area contributed by atoms with Crippen LogP contribution in [0.1, 0.15) is 37.7 Å². The quantitative estimate of drug-likeness (QED) is 0.867. The number of benzene rings is 1. The van der Waals surface area contributed by atoms with Crippen LogP contribution in [0.3, 0.4) is 0 Å². The molecule has 0 saturated heterocycles. The number of aryl methyl sites for hydroxylation is 1. The summed E-state index contributed by atoms with van der Waals surface area (Å²) in [6, 6.07) is 8.59. The number of aliphatic hydroxyl groups excluding tert-OH is 1. The van der Waals surface area contributed by atoms with Gasteiger partial charge in [0, 0.05) is 12.6 Å². The Bertz CT molecular complexity index is 402. The van der Waals surface area contributed by atoms with Crippen LogP contribution < -0.4 is 4.74 Å². The average Bonchev–Trinajstić information content (AvgIpc) is 2.46. The summed E-state index contributed by atoms with van der Waals surface area (Å²) < 4.78 is 5.66. The lowest BCUT2D eigenvalue weighted by atomic mass is 9.94. The van der Waals surface area contributed by atoms with Crippen molar-refractivity contribution in [3.63, 3.8) is 0 Å². The SMILES string of the molecule is Cc1cccc(OCC(O)CN(C)C2CCCCC2)c1. The van der Waals surface area contributed by atoms with Gasteiger partial charge in [0.25, 0.3) is 0 Å². The molecule has 0 aliphatic heterocycles. The Morgan fingerprint density at radius 1 is 1.30 bits per heavy atom. The van der Waals surface area contributed by atoms with Gasteiger partial charge in [-0.15, -0.1) is 0 Å². The maximum Gasteiger partial charge on any atom is 0.119 e. The highest BCUT2D eigenvalue weighted by molar-refractivity contribution is 5.27. The normalized spacial score (nSPS) is 18.2. The molecule has 1 unspecified atom stereocenters. The molecular formula is C17H27NO2. The predicted molar refractivity (Wildman–Crippen MR) is 82.2 cm³/mol. The maximum atomic E-state index is 10.1. The minimum atomic E-state index is -0.428. The molecule has 0 amide bonds. The molecule has 0 radical (unpaired) electrons. The summed E-state index contributed by atoms with van der Waals surface area (Å²) in [6.45, 7) is 3.09. The molecule has 1 N–H and O–H groups in total. The van der Waals surface area contributed by atoms with Gasteiger partial charge in [0.1, 0.15) is 18.5 Å². The van der Waals surface area contributed by atoms with E-state index in [4.69, 9.17) is 4.74 Å². The summed E-state index contributed by atoms with van der Waals surface area (Å²) in [7, 11) is 2.12. The third kappa shape index (κ3) is 4.80. The van der Waals surface area contributed by atoms with Crippen molar-refractivity contribution in [1.29, 1.82) is 0 Å². The smallest absolute Gasteiger partial charge is 0.119 e. The van der Waals surface area contributed by atoms with Crippen LogP contribution in [-0.4, -0.2) is 42.4 Å². The second kappa shape index (κ2) is 7.65. The molecule has 3 nitrogen and oxygen atoms in total. The van der Waals surface area contributed by atoms with Gasteiger partial charge in [-0.05, 0) is 44.5 Å². The van der Waals surface area contributed by atoms with Crippen molar-refractivity contribution >= 4 is 0 Å². The second-order valence-electron chi connectivity index (χ2n) is 6.01. The molecule has 0 heterocycles. The zero-order valence-electron chi connectivity index (χ0n) is 12.7. The second-order valence-corrected chi connectivity index (χ2v) is 6.01. The van der Waals surface area contributed by atoms with Gasteiger partial charge < -0.3 is 14.7 Å². The molecule has 1 aliphatic carbocycles. The molecule has 2 rings (SSSR count). The van der Waals surface area contributed by atoms with E-state index in [-0.39, 0.29) is 0 Å². The lowest BCUT2D eigenvalue weighted by Crippen LogP contribution is -2.40. The number of hydrogen-bond acceptors (Lipinski definition) is 3. The van der Waals surface area contributed by atoms with Gasteiger partial charge in [0.05, 0.1) is 0 Å². The van der Waals surface area contributed by atoms with E-state index in [1.165, 1.54) is 37.7 Å². The highest BCUT2D eigenvalue weighted by Crippen LogP contribution is 2.21. The fourth-order valence-corrected chi connectivity index (χ4v) is 2.95. The van der Waals surface area contributed by atoms with E-state index in [1.807, 2.05) is 31.2 Å². The number of rotatable bonds is 6. The molecule has 1 saturated carbocycles. The molecule has 3 heteroatoms. The minimum absolute atomic E-state index is 0.362. The van der Waals surface area contributed by atoms with Gasteiger partial charge in [-0.2, -0.15) is 0 Å². The van der Waals surface area contributed by atoms with Crippen molar-refractivity contribution in [3.05, 3.63) is 29.8 Å². The van der Waals surface area contributed by atoms with Crippen LogP contribution >= 0.6 is 0 Å². The number of ether oxygens (including phenoxy) is 1. The van der Waals surface area contributed by atoms with Gasteiger partial charge >= 0.3 is 0 Å². The zero-order valence-corrected chi connectivity index (χ0v) is 12.7. The fraction of sp³-hybridized carbons (Fsp3) is 0.647. The largest absolute Gasteiger partial charge is 0.491 e. The van der Waals surface area contributed by atoms with Crippen molar-refractivity contribution in [3.8, 4) is 5.75 Å². The molecule has 1 aliphatic rings. The minimum Gasteiger partial charge on any atom is -0.491 e. The van der Waals surface area contributed by atoms with Crippen molar-refractivity contribution in [2.45, 2.75) is 51.2 Å². The third-order valence-electron chi connectivity index (χ3n) is 4.13. The molecule has 20 heavy (non-hydrogen) atoms. The van der Waals surface area contributed by atoms with E-state index >= 15 is 0 Å². The molecular weight excluding hydrogens is 250 g/mol. The van der Waals surface area contributed by atoms with Gasteiger partial charge in [0.2, 0.25) is 0 Å². The molecule has 1 fully saturated rings. The van der Waals surface area contributed by atoms with E-state index in [2.05, 4.69) is 11.9 Å². The predicted octanol–water partition coefficient (Wildman–Crippen LogP) is 3.00. The maximum absolute atomic E-state index is 10.1. The summed E-state index contributed by atoms with van der Waals surface area (Å²) in [5.41, 5.74) is 1.18. The highest BCUT2D eigenvalue weighted by atomic mass is 16.5. The van der Waals surface area contributed by atoms with E-state index in [0.29, 0.717) is 19.2 Å². The number of likely N-dealkylation sites (N-methyl/N-ethyl adjacent to an activating group) is 1. The van der Waals surface area contributed by atoms with Crippen molar-refractivity contribution in [1.82, 2.24) is 4.90 Å². The van der Waals surface area contributed by atoms with E-state index in [9.17, 15) is 5.11 Å². The number of aliphatic hydroxyl groups is 1. The van der Waals surface area contributed by atoms with Crippen LogP contribution in [0.4, 0.5) is 0 Å². The monoisotopic (exact) mass is 277 g/mol. The third-order valence-corrected chi connectivity index (χ3v) is 4.13. The molecule has 1 atom stereocenters. The Labute approximate surface area is 122 Å². The molecule has 0 spiro atoms. The Hall–Kier alpha value is -1.06. The first-order valence-corrected chi connectivity index (χ1v) is 7.73. The lowest BCUT2D eigenvalue weighted by Gasteiger charge is -2.32. The molecule has 112 valence electrons. The van der Waals surface area contributed by atoms with Crippen LogP contribution in [0.15, 0.2) is 24.3 Å². The Morgan fingerprint density at radius 3 is 2.75 bits per heavy atom. The highest BCUT2D eigenvalue weighted by Gasteiger charge is 2.20. The summed E-state index contributed by atoms with van der Waals surface area (Å²) >= 11 is 0. The van der Waals surface area contributed by atoms with Crippen molar-refractivity contribution in [2.75, 3.05) is 20.2 Å².